The molecule has 0 atom stereocenters. The van der Waals surface area contributed by atoms with Crippen LogP contribution in [0.15, 0.2) is 18.2 Å². The minimum Gasteiger partial charge on any atom is -0.385 e. The van der Waals surface area contributed by atoms with E-state index in [9.17, 15) is 9.50 Å². The molecule has 0 aliphatic heterocycles. The van der Waals surface area contributed by atoms with Gasteiger partial charge in [0.05, 0.1) is 10.6 Å². The number of hydrogen-bond donors (Lipinski definition) is 1. The summed E-state index contributed by atoms with van der Waals surface area (Å²) < 4.78 is 13.3. The average molecular weight is 243 g/mol. The van der Waals surface area contributed by atoms with Crippen molar-refractivity contribution in [2.24, 2.45) is 5.92 Å². The van der Waals surface area contributed by atoms with Crippen LogP contribution in [0.1, 0.15) is 38.2 Å². The van der Waals surface area contributed by atoms with Gasteiger partial charge in [0.2, 0.25) is 0 Å². The molecule has 1 aliphatic carbocycles. The molecular weight excluding hydrogens is 227 g/mol. The zero-order valence-corrected chi connectivity index (χ0v) is 10.1. The number of hydrogen-bond acceptors (Lipinski definition) is 1. The average Bonchev–Trinajstić information content (AvgIpc) is 2.26. The molecule has 1 aromatic rings. The lowest BCUT2D eigenvalue weighted by molar-refractivity contribution is -0.0122. The van der Waals surface area contributed by atoms with Crippen LogP contribution < -0.4 is 0 Å². The van der Waals surface area contributed by atoms with E-state index >= 15 is 0 Å². The first kappa shape index (κ1) is 11.9. The normalized spacial score (nSPS) is 30.4. The van der Waals surface area contributed by atoms with Crippen molar-refractivity contribution in [1.29, 1.82) is 0 Å². The molecule has 0 bridgehead atoms. The molecule has 88 valence electrons. The molecule has 3 heteroatoms. The highest BCUT2D eigenvalue weighted by molar-refractivity contribution is 6.30. The summed E-state index contributed by atoms with van der Waals surface area (Å²) in [5.74, 6) is 0.198. The SMILES string of the molecule is CC1CCC(O)(c2ccc(Cl)c(F)c2)CC1. The smallest absolute Gasteiger partial charge is 0.142 e. The van der Waals surface area contributed by atoms with Gasteiger partial charge in [0.15, 0.2) is 0 Å². The third-order valence-corrected chi connectivity index (χ3v) is 3.86. The summed E-state index contributed by atoms with van der Waals surface area (Å²) in [6.45, 7) is 2.18. The third kappa shape index (κ3) is 2.23. The monoisotopic (exact) mass is 242 g/mol. The Kier molecular flexibility index (Phi) is 3.22. The van der Waals surface area contributed by atoms with E-state index in [4.69, 9.17) is 11.6 Å². The van der Waals surface area contributed by atoms with Crippen LogP contribution >= 0.6 is 11.6 Å². The molecule has 1 aromatic carbocycles. The number of rotatable bonds is 1. The van der Waals surface area contributed by atoms with E-state index in [1.807, 2.05) is 0 Å². The van der Waals surface area contributed by atoms with Crippen molar-refractivity contribution >= 4 is 11.6 Å². The Hall–Kier alpha value is -0.600. The minimum atomic E-state index is -0.863. The molecule has 0 saturated heterocycles. The molecule has 0 radical (unpaired) electrons. The van der Waals surface area contributed by atoms with Gasteiger partial charge in [-0.15, -0.1) is 0 Å². The van der Waals surface area contributed by atoms with Gasteiger partial charge in [0.25, 0.3) is 0 Å². The van der Waals surface area contributed by atoms with Gasteiger partial charge >= 0.3 is 0 Å². The predicted octanol–water partition coefficient (Wildman–Crippen LogP) is 3.88. The van der Waals surface area contributed by atoms with E-state index in [1.54, 1.807) is 6.07 Å². The minimum absolute atomic E-state index is 0.108. The van der Waals surface area contributed by atoms with Gasteiger partial charge in [-0.3, -0.25) is 0 Å². The Labute approximate surface area is 100 Å². The first-order chi connectivity index (χ1) is 7.51. The quantitative estimate of drug-likeness (QED) is 0.793. The summed E-state index contributed by atoms with van der Waals surface area (Å²) in [6.07, 6.45) is 3.38. The largest absolute Gasteiger partial charge is 0.385 e. The summed E-state index contributed by atoms with van der Waals surface area (Å²) in [7, 11) is 0. The van der Waals surface area contributed by atoms with Crippen molar-refractivity contribution in [3.05, 3.63) is 34.6 Å². The van der Waals surface area contributed by atoms with E-state index in [1.165, 1.54) is 12.1 Å². The molecule has 0 heterocycles. The summed E-state index contributed by atoms with van der Waals surface area (Å²) in [4.78, 5) is 0. The Morgan fingerprint density at radius 3 is 2.56 bits per heavy atom. The van der Waals surface area contributed by atoms with E-state index in [0.29, 0.717) is 24.3 Å². The molecule has 1 N–H and O–H groups in total. The van der Waals surface area contributed by atoms with Crippen molar-refractivity contribution in [1.82, 2.24) is 0 Å². The Morgan fingerprint density at radius 2 is 2.00 bits per heavy atom. The highest BCUT2D eigenvalue weighted by atomic mass is 35.5. The fourth-order valence-electron chi connectivity index (χ4n) is 2.31. The summed E-state index contributed by atoms with van der Waals surface area (Å²) in [5.41, 5.74) is -0.209. The van der Waals surface area contributed by atoms with Crippen molar-refractivity contribution in [3.63, 3.8) is 0 Å². The van der Waals surface area contributed by atoms with Gasteiger partial charge < -0.3 is 5.11 Å². The van der Waals surface area contributed by atoms with Crippen LogP contribution in [0.25, 0.3) is 0 Å². The molecule has 0 spiro atoms. The molecule has 1 fully saturated rings. The molecule has 1 saturated carbocycles. The van der Waals surface area contributed by atoms with E-state index in [2.05, 4.69) is 6.92 Å². The third-order valence-electron chi connectivity index (χ3n) is 3.56. The van der Waals surface area contributed by atoms with Gasteiger partial charge in [0.1, 0.15) is 5.82 Å². The molecular formula is C13H16ClFO. The van der Waals surface area contributed by atoms with Crippen molar-refractivity contribution in [3.8, 4) is 0 Å². The molecule has 16 heavy (non-hydrogen) atoms. The lowest BCUT2D eigenvalue weighted by Crippen LogP contribution is -2.30. The maximum Gasteiger partial charge on any atom is 0.142 e. The maximum atomic E-state index is 13.3. The fraction of sp³-hybridized carbons (Fsp3) is 0.538. The number of benzene rings is 1. The second kappa shape index (κ2) is 4.34. The van der Waals surface area contributed by atoms with Gasteiger partial charge in [0, 0.05) is 0 Å². The topological polar surface area (TPSA) is 20.2 Å². The lowest BCUT2D eigenvalue weighted by atomic mass is 9.76. The van der Waals surface area contributed by atoms with Crippen LogP contribution in [0.4, 0.5) is 4.39 Å². The van der Waals surface area contributed by atoms with Crippen LogP contribution in [0.3, 0.4) is 0 Å². The van der Waals surface area contributed by atoms with Crippen LogP contribution in [0.5, 0.6) is 0 Å². The zero-order valence-electron chi connectivity index (χ0n) is 9.34. The van der Waals surface area contributed by atoms with E-state index < -0.39 is 11.4 Å². The summed E-state index contributed by atoms with van der Waals surface area (Å²) in [5, 5.41) is 10.6. The Morgan fingerprint density at radius 1 is 1.38 bits per heavy atom. The second-order valence-corrected chi connectivity index (χ2v) is 5.25. The Bertz CT molecular complexity index is 384. The first-order valence-corrected chi connectivity index (χ1v) is 6.07. The fourth-order valence-corrected chi connectivity index (χ4v) is 2.43. The van der Waals surface area contributed by atoms with Crippen LogP contribution in [-0.2, 0) is 5.60 Å². The molecule has 2 rings (SSSR count). The molecule has 1 aliphatic rings. The highest BCUT2D eigenvalue weighted by Crippen LogP contribution is 2.39. The first-order valence-electron chi connectivity index (χ1n) is 5.69. The number of halogens is 2. The van der Waals surface area contributed by atoms with Crippen molar-refractivity contribution in [2.45, 2.75) is 38.2 Å². The van der Waals surface area contributed by atoms with Gasteiger partial charge in [-0.1, -0.05) is 24.6 Å². The van der Waals surface area contributed by atoms with Crippen LogP contribution in [-0.4, -0.2) is 5.11 Å². The van der Waals surface area contributed by atoms with E-state index in [-0.39, 0.29) is 5.02 Å². The van der Waals surface area contributed by atoms with Gasteiger partial charge in [-0.25, -0.2) is 4.39 Å². The lowest BCUT2D eigenvalue weighted by Gasteiger charge is -2.35. The zero-order chi connectivity index (χ0) is 11.8. The van der Waals surface area contributed by atoms with E-state index in [0.717, 1.165) is 12.8 Å². The summed E-state index contributed by atoms with van der Waals surface area (Å²) in [6, 6.07) is 4.60. The van der Waals surface area contributed by atoms with Crippen LogP contribution in [0, 0.1) is 11.7 Å². The Balaban J connectivity index is 2.25. The molecule has 0 aromatic heterocycles. The molecule has 1 nitrogen and oxygen atoms in total. The van der Waals surface area contributed by atoms with Gasteiger partial charge in [-0.05, 0) is 49.3 Å². The van der Waals surface area contributed by atoms with Crippen LogP contribution in [0.2, 0.25) is 5.02 Å². The summed E-state index contributed by atoms with van der Waals surface area (Å²) >= 11 is 5.63. The van der Waals surface area contributed by atoms with Crippen molar-refractivity contribution in [2.75, 3.05) is 0 Å². The second-order valence-electron chi connectivity index (χ2n) is 4.84. The number of aliphatic hydroxyl groups is 1. The van der Waals surface area contributed by atoms with Crippen molar-refractivity contribution < 1.29 is 9.50 Å². The molecule has 0 unspecified atom stereocenters. The maximum absolute atomic E-state index is 13.3. The van der Waals surface area contributed by atoms with Gasteiger partial charge in [-0.2, -0.15) is 0 Å². The highest BCUT2D eigenvalue weighted by Gasteiger charge is 2.33. The molecule has 0 amide bonds. The predicted molar refractivity (Wildman–Crippen MR) is 62.9 cm³/mol. The standard InChI is InChI=1S/C13H16ClFO/c1-9-4-6-13(16,7-5-9)10-2-3-11(14)12(15)8-10/h2-3,8-9,16H,4-7H2,1H3.